The lowest BCUT2D eigenvalue weighted by Gasteiger charge is -2.26. The summed E-state index contributed by atoms with van der Waals surface area (Å²) in [5.41, 5.74) is 0.917. The Hall–Kier alpha value is -3.48. The quantitative estimate of drug-likeness (QED) is 0.748. The first kappa shape index (κ1) is 17.0. The molecule has 1 unspecified atom stereocenters. The van der Waals surface area contributed by atoms with Gasteiger partial charge in [0.2, 0.25) is 0 Å². The average Bonchev–Trinajstić information content (AvgIpc) is 3.22. The third-order valence-corrected chi connectivity index (χ3v) is 4.17. The van der Waals surface area contributed by atoms with E-state index in [1.54, 1.807) is 13.2 Å². The van der Waals surface area contributed by atoms with Gasteiger partial charge >= 0.3 is 0 Å². The molecule has 1 aliphatic heterocycles. The third-order valence-electron chi connectivity index (χ3n) is 4.17. The lowest BCUT2D eigenvalue weighted by Crippen LogP contribution is -2.40. The number of benzene rings is 2. The minimum Gasteiger partial charge on any atom is -0.496 e. The first-order valence-corrected chi connectivity index (χ1v) is 8.51. The Labute approximate surface area is 155 Å². The number of hydrogen-bond donors (Lipinski definition) is 1. The normalized spacial score (nSPS) is 15.2. The summed E-state index contributed by atoms with van der Waals surface area (Å²) < 4.78 is 22.1. The number of carbonyl (C=O) groups excluding carboxylic acids is 1. The van der Waals surface area contributed by atoms with Gasteiger partial charge in [-0.1, -0.05) is 29.4 Å². The maximum Gasteiger partial charge on any atom is 0.273 e. The van der Waals surface area contributed by atoms with Crippen molar-refractivity contribution in [2.75, 3.05) is 20.3 Å². The summed E-state index contributed by atoms with van der Waals surface area (Å²) >= 11 is 0. The molecule has 0 saturated heterocycles. The summed E-state index contributed by atoms with van der Waals surface area (Å²) in [6.45, 7) is 0.659. The number of aromatic nitrogens is 1. The monoisotopic (exact) mass is 366 g/mol. The van der Waals surface area contributed by atoms with Gasteiger partial charge in [-0.25, -0.2) is 0 Å². The van der Waals surface area contributed by atoms with E-state index in [1.165, 1.54) is 0 Å². The summed E-state index contributed by atoms with van der Waals surface area (Å²) in [6.07, 6.45) is -0.274. The van der Waals surface area contributed by atoms with Crippen molar-refractivity contribution in [3.8, 4) is 28.6 Å². The molecule has 1 N–H and O–H groups in total. The zero-order valence-corrected chi connectivity index (χ0v) is 14.7. The van der Waals surface area contributed by atoms with Crippen LogP contribution in [0, 0.1) is 0 Å². The first-order valence-electron chi connectivity index (χ1n) is 8.51. The van der Waals surface area contributed by atoms with Gasteiger partial charge in [0.25, 0.3) is 5.91 Å². The van der Waals surface area contributed by atoms with Crippen molar-refractivity contribution >= 4 is 5.91 Å². The van der Waals surface area contributed by atoms with Crippen molar-refractivity contribution in [1.29, 1.82) is 0 Å². The largest absolute Gasteiger partial charge is 0.496 e. The third kappa shape index (κ3) is 3.57. The van der Waals surface area contributed by atoms with E-state index in [9.17, 15) is 4.79 Å². The van der Waals surface area contributed by atoms with E-state index in [0.29, 0.717) is 36.2 Å². The van der Waals surface area contributed by atoms with Crippen LogP contribution in [0.25, 0.3) is 11.3 Å². The zero-order chi connectivity index (χ0) is 18.6. The molecule has 7 nitrogen and oxygen atoms in total. The number of methoxy groups -OCH3 is 1. The Morgan fingerprint density at radius 1 is 1.19 bits per heavy atom. The number of hydrogen-bond acceptors (Lipinski definition) is 6. The Kier molecular flexibility index (Phi) is 4.65. The highest BCUT2D eigenvalue weighted by molar-refractivity contribution is 5.93. The summed E-state index contributed by atoms with van der Waals surface area (Å²) in [7, 11) is 1.58. The molecule has 0 aliphatic carbocycles. The number of ether oxygens (including phenoxy) is 3. The molecule has 1 aliphatic rings. The van der Waals surface area contributed by atoms with Crippen LogP contribution in [0.1, 0.15) is 10.5 Å². The minimum absolute atomic E-state index is 0.188. The maximum absolute atomic E-state index is 12.4. The van der Waals surface area contributed by atoms with Crippen molar-refractivity contribution in [3.63, 3.8) is 0 Å². The minimum atomic E-state index is -0.345. The van der Waals surface area contributed by atoms with Crippen molar-refractivity contribution in [3.05, 3.63) is 60.3 Å². The fraction of sp³-hybridized carbons (Fsp3) is 0.200. The molecule has 3 aromatic rings. The summed E-state index contributed by atoms with van der Waals surface area (Å²) in [6, 6.07) is 16.4. The molecule has 138 valence electrons. The fourth-order valence-electron chi connectivity index (χ4n) is 2.82. The number of carbonyl (C=O) groups is 1. The van der Waals surface area contributed by atoms with Crippen LogP contribution in [0.15, 0.2) is 59.1 Å². The van der Waals surface area contributed by atoms with Crippen LogP contribution in [0.2, 0.25) is 0 Å². The molecule has 1 amide bonds. The molecule has 0 saturated carbocycles. The number of nitrogens with zero attached hydrogens (tertiary/aromatic N) is 1. The fourth-order valence-corrected chi connectivity index (χ4v) is 2.82. The van der Waals surface area contributed by atoms with Crippen molar-refractivity contribution in [1.82, 2.24) is 10.5 Å². The van der Waals surface area contributed by atoms with E-state index in [0.717, 1.165) is 5.56 Å². The van der Waals surface area contributed by atoms with Gasteiger partial charge in [0.05, 0.1) is 19.2 Å². The Morgan fingerprint density at radius 3 is 2.81 bits per heavy atom. The van der Waals surface area contributed by atoms with Crippen LogP contribution in [0.3, 0.4) is 0 Å². The highest BCUT2D eigenvalue weighted by atomic mass is 16.6. The van der Waals surface area contributed by atoms with Gasteiger partial charge in [-0.2, -0.15) is 0 Å². The van der Waals surface area contributed by atoms with E-state index < -0.39 is 0 Å². The summed E-state index contributed by atoms with van der Waals surface area (Å²) in [4.78, 5) is 12.4. The molecule has 1 atom stereocenters. The highest BCUT2D eigenvalue weighted by Crippen LogP contribution is 2.31. The Bertz CT molecular complexity index is 953. The smallest absolute Gasteiger partial charge is 0.273 e. The SMILES string of the molecule is COc1ccccc1-c1cc(C(=O)NCC2COc3ccccc3O2)no1. The predicted molar refractivity (Wildman–Crippen MR) is 97.2 cm³/mol. The van der Waals surface area contributed by atoms with Crippen LogP contribution in [-0.4, -0.2) is 37.4 Å². The Morgan fingerprint density at radius 2 is 1.96 bits per heavy atom. The maximum atomic E-state index is 12.4. The van der Waals surface area contributed by atoms with Crippen LogP contribution < -0.4 is 19.5 Å². The number of amides is 1. The van der Waals surface area contributed by atoms with Crippen molar-refractivity contribution in [2.45, 2.75) is 6.10 Å². The molecule has 7 heteroatoms. The lowest BCUT2D eigenvalue weighted by atomic mass is 10.1. The summed E-state index contributed by atoms with van der Waals surface area (Å²) in [5, 5.41) is 6.65. The molecular weight excluding hydrogens is 348 g/mol. The molecule has 4 rings (SSSR count). The molecule has 2 aromatic carbocycles. The van der Waals surface area contributed by atoms with Crippen LogP contribution in [-0.2, 0) is 0 Å². The average molecular weight is 366 g/mol. The lowest BCUT2D eigenvalue weighted by molar-refractivity contribution is 0.0784. The van der Waals surface area contributed by atoms with Crippen LogP contribution in [0.4, 0.5) is 0 Å². The zero-order valence-electron chi connectivity index (χ0n) is 14.7. The van der Waals surface area contributed by atoms with E-state index >= 15 is 0 Å². The molecule has 27 heavy (non-hydrogen) atoms. The van der Waals surface area contributed by atoms with Crippen molar-refractivity contribution < 1.29 is 23.5 Å². The molecule has 0 fully saturated rings. The second-order valence-corrected chi connectivity index (χ2v) is 5.98. The van der Waals surface area contributed by atoms with Gasteiger partial charge in [-0.3, -0.25) is 4.79 Å². The number of fused-ring (bicyclic) bond motifs is 1. The predicted octanol–water partition coefficient (Wildman–Crippen LogP) is 2.92. The van der Waals surface area contributed by atoms with Gasteiger partial charge in [0.1, 0.15) is 18.5 Å². The summed E-state index contributed by atoms with van der Waals surface area (Å²) in [5.74, 6) is 2.14. The molecule has 1 aromatic heterocycles. The molecule has 0 spiro atoms. The number of para-hydroxylation sites is 3. The van der Waals surface area contributed by atoms with E-state index in [1.807, 2.05) is 48.5 Å². The first-order chi connectivity index (χ1) is 13.2. The van der Waals surface area contributed by atoms with Gasteiger partial charge in [0.15, 0.2) is 23.0 Å². The number of nitrogens with one attached hydrogen (secondary N) is 1. The highest BCUT2D eigenvalue weighted by Gasteiger charge is 2.22. The van der Waals surface area contributed by atoms with Gasteiger partial charge in [-0.15, -0.1) is 0 Å². The van der Waals surface area contributed by atoms with Gasteiger partial charge in [0, 0.05) is 6.07 Å². The second-order valence-electron chi connectivity index (χ2n) is 5.98. The molecule has 0 radical (unpaired) electrons. The van der Waals surface area contributed by atoms with Crippen molar-refractivity contribution in [2.24, 2.45) is 0 Å². The second kappa shape index (κ2) is 7.41. The van der Waals surface area contributed by atoms with Crippen LogP contribution in [0.5, 0.6) is 17.2 Å². The van der Waals surface area contributed by atoms with E-state index in [4.69, 9.17) is 18.7 Å². The topological polar surface area (TPSA) is 82.8 Å². The molecule has 0 bridgehead atoms. The Balaban J connectivity index is 1.39. The van der Waals surface area contributed by atoms with Gasteiger partial charge in [-0.05, 0) is 24.3 Å². The molecular formula is C20H18N2O5. The standard InChI is InChI=1S/C20H18N2O5/c1-24-16-7-3-2-6-14(16)19-10-15(22-27-19)20(23)21-11-13-12-25-17-8-4-5-9-18(17)26-13/h2-10,13H,11-12H2,1H3,(H,21,23). The van der Waals surface area contributed by atoms with Crippen LogP contribution >= 0.6 is 0 Å². The van der Waals surface area contributed by atoms with Gasteiger partial charge < -0.3 is 24.1 Å². The number of rotatable bonds is 5. The van der Waals surface area contributed by atoms with E-state index in [2.05, 4.69) is 10.5 Å². The van der Waals surface area contributed by atoms with E-state index in [-0.39, 0.29) is 17.7 Å². The molecule has 2 heterocycles.